The van der Waals surface area contributed by atoms with Gasteiger partial charge in [-0.2, -0.15) is 0 Å². The molecule has 106 valence electrons. The predicted octanol–water partition coefficient (Wildman–Crippen LogP) is 3.11. The van der Waals surface area contributed by atoms with Gasteiger partial charge in [0.25, 0.3) is 0 Å². The molecule has 0 radical (unpaired) electrons. The van der Waals surface area contributed by atoms with E-state index in [9.17, 15) is 4.39 Å². The number of aryl methyl sites for hydroxylation is 1. The Kier molecular flexibility index (Phi) is 5.09. The monoisotopic (exact) mass is 291 g/mol. The molecule has 2 rings (SSSR count). The molecule has 0 aliphatic carbocycles. The fraction of sp³-hybridized carbons (Fsp3) is 0.333. The van der Waals surface area contributed by atoms with Crippen LogP contribution in [0.2, 0.25) is 0 Å². The van der Waals surface area contributed by atoms with Gasteiger partial charge in [0.1, 0.15) is 11.6 Å². The second-order valence-corrected chi connectivity index (χ2v) is 5.89. The van der Waals surface area contributed by atoms with Crippen LogP contribution < -0.4 is 5.73 Å². The van der Waals surface area contributed by atoms with Crippen LogP contribution in [0, 0.1) is 12.7 Å². The Hall–Kier alpha value is -1.46. The number of thioether (sulfide) groups is 1. The van der Waals surface area contributed by atoms with Crippen LogP contribution in [0.5, 0.6) is 0 Å². The summed E-state index contributed by atoms with van der Waals surface area (Å²) in [5.41, 5.74) is 7.70. The first-order valence-corrected chi connectivity index (χ1v) is 7.49. The first-order valence-electron chi connectivity index (χ1n) is 6.50. The van der Waals surface area contributed by atoms with Crippen LogP contribution in [0.25, 0.3) is 0 Å². The van der Waals surface area contributed by atoms with Crippen molar-refractivity contribution in [3.8, 4) is 0 Å². The summed E-state index contributed by atoms with van der Waals surface area (Å²) >= 11 is 1.53. The van der Waals surface area contributed by atoms with Crippen LogP contribution in [-0.2, 0) is 12.2 Å². The minimum Gasteiger partial charge on any atom is -0.328 e. The maximum Gasteiger partial charge on any atom is 0.139 e. The summed E-state index contributed by atoms with van der Waals surface area (Å²) < 4.78 is 13.1. The first-order chi connectivity index (χ1) is 9.52. The van der Waals surface area contributed by atoms with Crippen molar-refractivity contribution in [3.63, 3.8) is 0 Å². The lowest BCUT2D eigenvalue weighted by Crippen LogP contribution is -2.19. The molecule has 2 N–H and O–H groups in total. The Labute approximate surface area is 122 Å². The van der Waals surface area contributed by atoms with E-state index in [1.165, 1.54) is 23.9 Å². The minimum atomic E-state index is -0.224. The molecule has 1 aromatic heterocycles. The quantitative estimate of drug-likeness (QED) is 0.860. The summed E-state index contributed by atoms with van der Waals surface area (Å²) in [7, 11) is 0. The Morgan fingerprint density at radius 3 is 2.80 bits per heavy atom. The van der Waals surface area contributed by atoms with Crippen molar-refractivity contribution in [2.75, 3.05) is 0 Å². The number of hydrogen-bond acceptors (Lipinski definition) is 4. The normalized spacial score (nSPS) is 12.4. The summed E-state index contributed by atoms with van der Waals surface area (Å²) in [6, 6.07) is 8.58. The number of rotatable bonds is 5. The second kappa shape index (κ2) is 6.81. The van der Waals surface area contributed by atoms with Gasteiger partial charge in [0, 0.05) is 28.7 Å². The Bertz CT molecular complexity index is 587. The summed E-state index contributed by atoms with van der Waals surface area (Å²) in [4.78, 5) is 9.80. The van der Waals surface area contributed by atoms with Gasteiger partial charge in [-0.1, -0.05) is 6.07 Å². The maximum absolute atomic E-state index is 13.1. The highest BCUT2D eigenvalue weighted by Gasteiger charge is 2.06. The van der Waals surface area contributed by atoms with Crippen LogP contribution in [-0.4, -0.2) is 16.0 Å². The molecule has 0 saturated carbocycles. The molecule has 0 bridgehead atoms. The molecular formula is C15H18FN3S. The second-order valence-electron chi connectivity index (χ2n) is 4.84. The van der Waals surface area contributed by atoms with Gasteiger partial charge in [0.2, 0.25) is 0 Å². The smallest absolute Gasteiger partial charge is 0.139 e. The molecule has 1 heterocycles. The zero-order valence-electron chi connectivity index (χ0n) is 11.6. The number of aromatic nitrogens is 2. The minimum absolute atomic E-state index is 0.0769. The Morgan fingerprint density at radius 1 is 1.30 bits per heavy atom. The van der Waals surface area contributed by atoms with E-state index in [1.54, 1.807) is 6.07 Å². The van der Waals surface area contributed by atoms with Crippen molar-refractivity contribution >= 4 is 11.8 Å². The van der Waals surface area contributed by atoms with Crippen molar-refractivity contribution in [2.45, 2.75) is 37.0 Å². The standard InChI is InChI=1S/C15H18FN3S/c1-10(17)6-13-7-11(2)18-15(19-13)9-20-14-5-3-4-12(16)8-14/h3-5,7-8,10H,6,9,17H2,1-2H3. The van der Waals surface area contributed by atoms with Crippen LogP contribution >= 0.6 is 11.8 Å². The van der Waals surface area contributed by atoms with Crippen molar-refractivity contribution in [3.05, 3.63) is 53.4 Å². The third-order valence-electron chi connectivity index (χ3n) is 2.65. The van der Waals surface area contributed by atoms with E-state index in [0.717, 1.165) is 28.5 Å². The first kappa shape index (κ1) is 14.9. The predicted molar refractivity (Wildman–Crippen MR) is 80.1 cm³/mol. The molecule has 0 spiro atoms. The zero-order chi connectivity index (χ0) is 14.5. The van der Waals surface area contributed by atoms with E-state index in [0.29, 0.717) is 5.75 Å². The molecule has 0 saturated heterocycles. The maximum atomic E-state index is 13.1. The van der Waals surface area contributed by atoms with Crippen LogP contribution in [0.4, 0.5) is 4.39 Å². The van der Waals surface area contributed by atoms with Gasteiger partial charge in [-0.25, -0.2) is 14.4 Å². The average Bonchev–Trinajstić information content (AvgIpc) is 2.35. The number of nitrogens with zero attached hydrogens (tertiary/aromatic N) is 2. The van der Waals surface area contributed by atoms with Gasteiger partial charge in [-0.3, -0.25) is 0 Å². The topological polar surface area (TPSA) is 51.8 Å². The summed E-state index contributed by atoms with van der Waals surface area (Å²) in [5, 5.41) is 0. The average molecular weight is 291 g/mol. The number of benzene rings is 1. The summed E-state index contributed by atoms with van der Waals surface area (Å²) in [5.74, 6) is 1.16. The summed E-state index contributed by atoms with van der Waals surface area (Å²) in [6.07, 6.45) is 0.737. The molecule has 20 heavy (non-hydrogen) atoms. The van der Waals surface area contributed by atoms with Gasteiger partial charge in [-0.15, -0.1) is 11.8 Å². The molecule has 1 atom stereocenters. The zero-order valence-corrected chi connectivity index (χ0v) is 12.5. The molecule has 3 nitrogen and oxygen atoms in total. The van der Waals surface area contributed by atoms with E-state index in [2.05, 4.69) is 9.97 Å². The number of hydrogen-bond donors (Lipinski definition) is 1. The number of halogens is 1. The lowest BCUT2D eigenvalue weighted by Gasteiger charge is -2.08. The molecule has 0 amide bonds. The number of nitrogens with two attached hydrogens (primary N) is 1. The van der Waals surface area contributed by atoms with Crippen molar-refractivity contribution in [1.82, 2.24) is 9.97 Å². The van der Waals surface area contributed by atoms with Gasteiger partial charge in [0.05, 0.1) is 5.75 Å². The molecule has 5 heteroatoms. The van der Waals surface area contributed by atoms with Gasteiger partial charge >= 0.3 is 0 Å². The Morgan fingerprint density at radius 2 is 2.10 bits per heavy atom. The third kappa shape index (κ3) is 4.58. The highest BCUT2D eigenvalue weighted by Crippen LogP contribution is 2.22. The molecule has 1 aromatic carbocycles. The van der Waals surface area contributed by atoms with Crippen molar-refractivity contribution in [1.29, 1.82) is 0 Å². The van der Waals surface area contributed by atoms with Crippen molar-refractivity contribution < 1.29 is 4.39 Å². The van der Waals surface area contributed by atoms with E-state index < -0.39 is 0 Å². The fourth-order valence-electron chi connectivity index (χ4n) is 1.90. The van der Waals surface area contributed by atoms with E-state index in [-0.39, 0.29) is 11.9 Å². The van der Waals surface area contributed by atoms with E-state index in [4.69, 9.17) is 5.73 Å². The molecule has 2 aromatic rings. The van der Waals surface area contributed by atoms with Crippen molar-refractivity contribution in [2.24, 2.45) is 5.73 Å². The SMILES string of the molecule is Cc1cc(CC(C)N)nc(CSc2cccc(F)c2)n1. The van der Waals surface area contributed by atoms with Crippen LogP contribution in [0.3, 0.4) is 0 Å². The Balaban J connectivity index is 2.07. The lowest BCUT2D eigenvalue weighted by molar-refractivity contribution is 0.624. The molecule has 0 fully saturated rings. The van der Waals surface area contributed by atoms with Crippen LogP contribution in [0.15, 0.2) is 35.2 Å². The third-order valence-corrected chi connectivity index (χ3v) is 3.64. The highest BCUT2D eigenvalue weighted by atomic mass is 32.2. The molecular weight excluding hydrogens is 273 g/mol. The van der Waals surface area contributed by atoms with Crippen LogP contribution in [0.1, 0.15) is 24.1 Å². The van der Waals surface area contributed by atoms with E-state index >= 15 is 0 Å². The van der Waals surface area contributed by atoms with Gasteiger partial charge in [0.15, 0.2) is 0 Å². The fourth-order valence-corrected chi connectivity index (χ4v) is 2.70. The molecule has 0 aliphatic heterocycles. The molecule has 1 unspecified atom stereocenters. The van der Waals surface area contributed by atoms with Gasteiger partial charge in [-0.05, 0) is 38.1 Å². The summed E-state index contributed by atoms with van der Waals surface area (Å²) in [6.45, 7) is 3.90. The van der Waals surface area contributed by atoms with E-state index in [1.807, 2.05) is 26.0 Å². The molecule has 0 aliphatic rings. The highest BCUT2D eigenvalue weighted by molar-refractivity contribution is 7.98. The lowest BCUT2D eigenvalue weighted by atomic mass is 10.2. The largest absolute Gasteiger partial charge is 0.328 e. The van der Waals surface area contributed by atoms with Gasteiger partial charge < -0.3 is 5.73 Å².